The normalized spacial score (nSPS) is 11.3. The molecule has 2 aromatic carbocycles. The molecule has 154 valence electrons. The average Bonchev–Trinajstić information content (AvgIpc) is 3.14. The van der Waals surface area contributed by atoms with Crippen molar-refractivity contribution in [3.05, 3.63) is 75.8 Å². The summed E-state index contributed by atoms with van der Waals surface area (Å²) in [7, 11) is -2.54. The number of nitrogens with one attached hydrogen (secondary N) is 1. The number of nitriles is 1. The van der Waals surface area contributed by atoms with E-state index >= 15 is 0 Å². The maximum absolute atomic E-state index is 12.6. The van der Waals surface area contributed by atoms with Gasteiger partial charge >= 0.3 is 0 Å². The highest BCUT2D eigenvalue weighted by molar-refractivity contribution is 7.89. The van der Waals surface area contributed by atoms with Crippen molar-refractivity contribution >= 4 is 44.0 Å². The first-order valence-electron chi connectivity index (χ1n) is 8.73. The molecule has 0 atom stereocenters. The zero-order chi connectivity index (χ0) is 21.7. The smallest absolute Gasteiger partial charge is 0.243 e. The molecular weight excluding hydrogens is 444 g/mol. The molecule has 10 heteroatoms. The minimum absolute atomic E-state index is 0.00913. The van der Waals surface area contributed by atoms with Gasteiger partial charge in [-0.2, -0.15) is 9.57 Å². The lowest BCUT2D eigenvalue weighted by molar-refractivity contribution is -0.116. The molecule has 3 rings (SSSR count). The molecule has 0 aliphatic carbocycles. The summed E-state index contributed by atoms with van der Waals surface area (Å²) in [5.41, 5.74) is 1.38. The van der Waals surface area contributed by atoms with E-state index in [9.17, 15) is 13.2 Å². The summed E-state index contributed by atoms with van der Waals surface area (Å²) in [6.07, 6.45) is 2.29. The highest BCUT2D eigenvalue weighted by Crippen LogP contribution is 2.23. The quantitative estimate of drug-likeness (QED) is 0.581. The van der Waals surface area contributed by atoms with Crippen molar-refractivity contribution in [1.29, 1.82) is 5.26 Å². The lowest BCUT2D eigenvalue weighted by atomic mass is 10.1. The van der Waals surface area contributed by atoms with Crippen LogP contribution in [0, 0.1) is 11.3 Å². The van der Waals surface area contributed by atoms with Gasteiger partial charge in [0.05, 0.1) is 23.1 Å². The topological polar surface area (TPSA) is 103 Å². The van der Waals surface area contributed by atoms with Gasteiger partial charge in [-0.1, -0.05) is 23.7 Å². The van der Waals surface area contributed by atoms with Crippen LogP contribution in [0.15, 0.2) is 59.6 Å². The van der Waals surface area contributed by atoms with E-state index in [2.05, 4.69) is 10.3 Å². The molecule has 0 aliphatic heterocycles. The Labute approximate surface area is 183 Å². The SMILES string of the molecule is CN(CC(=O)Nc1ncc(Cc2cccc(Cl)c2)s1)S(=O)(=O)c1ccc(C#N)cc1. The van der Waals surface area contributed by atoms with E-state index in [1.165, 1.54) is 42.6 Å². The van der Waals surface area contributed by atoms with Crippen LogP contribution in [0.25, 0.3) is 0 Å². The minimum atomic E-state index is -3.86. The van der Waals surface area contributed by atoms with Crippen molar-refractivity contribution in [3.63, 3.8) is 0 Å². The van der Waals surface area contributed by atoms with Crippen LogP contribution in [0.5, 0.6) is 0 Å². The van der Waals surface area contributed by atoms with Crippen molar-refractivity contribution in [2.24, 2.45) is 0 Å². The van der Waals surface area contributed by atoms with E-state index in [0.29, 0.717) is 22.1 Å². The molecule has 0 fully saturated rings. The number of hydrogen-bond acceptors (Lipinski definition) is 6. The summed E-state index contributed by atoms with van der Waals surface area (Å²) < 4.78 is 26.1. The van der Waals surface area contributed by atoms with Crippen LogP contribution in [-0.2, 0) is 21.2 Å². The lowest BCUT2D eigenvalue weighted by Crippen LogP contribution is -2.34. The number of rotatable bonds is 7. The van der Waals surface area contributed by atoms with Gasteiger partial charge in [0.15, 0.2) is 5.13 Å². The van der Waals surface area contributed by atoms with Crippen LogP contribution in [0.1, 0.15) is 16.0 Å². The van der Waals surface area contributed by atoms with Crippen LogP contribution in [0.3, 0.4) is 0 Å². The van der Waals surface area contributed by atoms with Gasteiger partial charge in [-0.3, -0.25) is 4.79 Å². The van der Waals surface area contributed by atoms with Crippen LogP contribution >= 0.6 is 22.9 Å². The molecule has 0 radical (unpaired) electrons. The fourth-order valence-corrected chi connectivity index (χ4v) is 4.83. The van der Waals surface area contributed by atoms with E-state index in [-0.39, 0.29) is 11.4 Å². The zero-order valence-electron chi connectivity index (χ0n) is 15.9. The number of hydrogen-bond donors (Lipinski definition) is 1. The highest BCUT2D eigenvalue weighted by Gasteiger charge is 2.23. The van der Waals surface area contributed by atoms with Crippen molar-refractivity contribution < 1.29 is 13.2 Å². The summed E-state index contributed by atoms with van der Waals surface area (Å²) in [4.78, 5) is 17.4. The molecule has 0 bridgehead atoms. The number of anilines is 1. The molecule has 0 aliphatic rings. The van der Waals surface area contributed by atoms with Gasteiger partial charge in [-0.05, 0) is 42.0 Å². The Bertz CT molecular complexity index is 1200. The van der Waals surface area contributed by atoms with E-state index < -0.39 is 15.9 Å². The van der Waals surface area contributed by atoms with Crippen molar-refractivity contribution in [3.8, 4) is 6.07 Å². The second kappa shape index (κ2) is 9.36. The molecule has 7 nitrogen and oxygen atoms in total. The standard InChI is InChI=1S/C20H17ClN4O3S2/c1-25(30(27,28)18-7-5-14(11-22)6-8-18)13-19(26)24-20-23-12-17(29-20)10-15-3-2-4-16(21)9-15/h2-9,12H,10,13H2,1H3,(H,23,24,26). The Morgan fingerprint density at radius 3 is 2.67 bits per heavy atom. The Morgan fingerprint density at radius 2 is 2.00 bits per heavy atom. The Morgan fingerprint density at radius 1 is 1.27 bits per heavy atom. The monoisotopic (exact) mass is 460 g/mol. The number of likely N-dealkylation sites (N-methyl/N-ethyl adjacent to an activating group) is 1. The summed E-state index contributed by atoms with van der Waals surface area (Å²) in [5.74, 6) is -0.502. The molecule has 0 saturated heterocycles. The Hall–Kier alpha value is -2.77. The number of nitrogens with zero attached hydrogens (tertiary/aromatic N) is 3. The largest absolute Gasteiger partial charge is 0.301 e. The number of aromatic nitrogens is 1. The first kappa shape index (κ1) is 21.9. The van der Waals surface area contributed by atoms with Gasteiger partial charge in [0, 0.05) is 29.6 Å². The maximum atomic E-state index is 12.6. The molecule has 1 heterocycles. The first-order chi connectivity index (χ1) is 14.3. The molecule has 1 aromatic heterocycles. The van der Waals surface area contributed by atoms with Crippen molar-refractivity contribution in [2.75, 3.05) is 18.9 Å². The lowest BCUT2D eigenvalue weighted by Gasteiger charge is -2.16. The number of benzene rings is 2. The molecule has 0 unspecified atom stereocenters. The third kappa shape index (κ3) is 5.43. The molecule has 3 aromatic rings. The van der Waals surface area contributed by atoms with E-state index in [1.807, 2.05) is 24.3 Å². The molecule has 0 spiro atoms. The molecule has 1 N–H and O–H groups in total. The van der Waals surface area contributed by atoms with Crippen LogP contribution in [-0.4, -0.2) is 37.2 Å². The van der Waals surface area contributed by atoms with Gasteiger partial charge in [0.1, 0.15) is 0 Å². The second-order valence-electron chi connectivity index (χ2n) is 6.38. The Kier molecular flexibility index (Phi) is 6.84. The van der Waals surface area contributed by atoms with E-state index in [0.717, 1.165) is 14.7 Å². The summed E-state index contributed by atoms with van der Waals surface area (Å²) in [6, 6.07) is 14.9. The number of carbonyl (C=O) groups is 1. The van der Waals surface area contributed by atoms with Crippen molar-refractivity contribution in [1.82, 2.24) is 9.29 Å². The zero-order valence-corrected chi connectivity index (χ0v) is 18.3. The summed E-state index contributed by atoms with van der Waals surface area (Å²) in [6.45, 7) is -0.370. The second-order valence-corrected chi connectivity index (χ2v) is 9.98. The maximum Gasteiger partial charge on any atom is 0.243 e. The number of amides is 1. The molecule has 0 saturated carbocycles. The van der Waals surface area contributed by atoms with Gasteiger partial charge in [0.2, 0.25) is 15.9 Å². The number of carbonyl (C=O) groups excluding carboxylic acids is 1. The van der Waals surface area contributed by atoms with Gasteiger partial charge < -0.3 is 5.32 Å². The average molecular weight is 461 g/mol. The van der Waals surface area contributed by atoms with E-state index in [4.69, 9.17) is 16.9 Å². The fraction of sp³-hybridized carbons (Fsp3) is 0.150. The van der Waals surface area contributed by atoms with Crippen LogP contribution in [0.4, 0.5) is 5.13 Å². The number of halogens is 1. The number of thiazole rings is 1. The van der Waals surface area contributed by atoms with Crippen LogP contribution in [0.2, 0.25) is 5.02 Å². The molecular formula is C20H17ClN4O3S2. The predicted octanol–water partition coefficient (Wildman–Crippen LogP) is 3.52. The molecule has 1 amide bonds. The molecule has 30 heavy (non-hydrogen) atoms. The first-order valence-corrected chi connectivity index (χ1v) is 11.4. The van der Waals surface area contributed by atoms with E-state index in [1.54, 1.807) is 12.3 Å². The summed E-state index contributed by atoms with van der Waals surface area (Å²) in [5, 5.41) is 12.5. The van der Waals surface area contributed by atoms with Crippen molar-refractivity contribution in [2.45, 2.75) is 11.3 Å². The Balaban J connectivity index is 1.61. The van der Waals surface area contributed by atoms with Crippen LogP contribution < -0.4 is 5.32 Å². The third-order valence-corrected chi connectivity index (χ3v) is 7.09. The van der Waals surface area contributed by atoms with Gasteiger partial charge in [-0.25, -0.2) is 13.4 Å². The highest BCUT2D eigenvalue weighted by atomic mass is 35.5. The summed E-state index contributed by atoms with van der Waals surface area (Å²) >= 11 is 7.30. The predicted molar refractivity (Wildman–Crippen MR) is 116 cm³/mol. The fourth-order valence-electron chi connectivity index (χ4n) is 2.62. The number of sulfonamides is 1. The third-order valence-electron chi connectivity index (χ3n) is 4.13. The minimum Gasteiger partial charge on any atom is -0.301 e. The van der Waals surface area contributed by atoms with Gasteiger partial charge in [0.25, 0.3) is 0 Å². The van der Waals surface area contributed by atoms with Gasteiger partial charge in [-0.15, -0.1) is 11.3 Å².